The van der Waals surface area contributed by atoms with E-state index in [-0.39, 0.29) is 24.0 Å². The van der Waals surface area contributed by atoms with Crippen LogP contribution < -0.4 is 10.6 Å². The second-order valence-electron chi connectivity index (χ2n) is 6.58. The van der Waals surface area contributed by atoms with Crippen molar-refractivity contribution in [3.8, 4) is 0 Å². The molecule has 0 bridgehead atoms. The highest BCUT2D eigenvalue weighted by atomic mass is 32.1. The van der Waals surface area contributed by atoms with Gasteiger partial charge in [-0.2, -0.15) is 4.98 Å². The van der Waals surface area contributed by atoms with Gasteiger partial charge in [0, 0.05) is 17.8 Å². The maximum atomic E-state index is 12.5. The van der Waals surface area contributed by atoms with E-state index in [2.05, 4.69) is 20.8 Å². The monoisotopic (exact) mass is 378 g/mol. The van der Waals surface area contributed by atoms with Crippen molar-refractivity contribution in [3.05, 3.63) is 33.1 Å². The van der Waals surface area contributed by atoms with Gasteiger partial charge in [-0.1, -0.05) is 5.16 Å². The largest absolute Gasteiger partial charge is 0.387 e. The van der Waals surface area contributed by atoms with Gasteiger partial charge in [0.25, 0.3) is 11.8 Å². The summed E-state index contributed by atoms with van der Waals surface area (Å²) in [7, 11) is 0. The second-order valence-corrected chi connectivity index (χ2v) is 7.63. The molecule has 8 nitrogen and oxygen atoms in total. The third-order valence-corrected chi connectivity index (χ3v) is 6.25. The number of nitrogens with zero attached hydrogens (tertiary/aromatic N) is 2. The van der Waals surface area contributed by atoms with E-state index in [4.69, 9.17) is 14.4 Å². The lowest BCUT2D eigenvalue weighted by Gasteiger charge is -2.40. The number of aromatic nitrogens is 2. The lowest BCUT2D eigenvalue weighted by Crippen LogP contribution is -2.43. The van der Waals surface area contributed by atoms with Crippen LogP contribution >= 0.6 is 11.3 Å². The van der Waals surface area contributed by atoms with Crippen LogP contribution in [0.5, 0.6) is 0 Å². The van der Waals surface area contributed by atoms with Gasteiger partial charge in [-0.3, -0.25) is 4.79 Å². The Morgan fingerprint density at radius 1 is 1.42 bits per heavy atom. The normalized spacial score (nSPS) is 18.7. The molecule has 0 radical (unpaired) electrons. The minimum absolute atomic E-state index is 0.0839. The Hall–Kier alpha value is -1.81. The van der Waals surface area contributed by atoms with Gasteiger partial charge in [0.15, 0.2) is 5.82 Å². The molecule has 3 N–H and O–H groups in total. The molecule has 2 aliphatic rings. The van der Waals surface area contributed by atoms with E-state index >= 15 is 0 Å². The molecule has 1 spiro atoms. The van der Waals surface area contributed by atoms with Crippen LogP contribution in [0.4, 0.5) is 0 Å². The van der Waals surface area contributed by atoms with Crippen molar-refractivity contribution in [3.63, 3.8) is 0 Å². The molecule has 0 unspecified atom stereocenters. The van der Waals surface area contributed by atoms with Gasteiger partial charge < -0.3 is 25.0 Å². The molecule has 1 amide bonds. The lowest BCUT2D eigenvalue weighted by molar-refractivity contribution is -0.0771. The Kier molecular flexibility index (Phi) is 5.03. The number of hydrogen-bond donors (Lipinski definition) is 3. The molecule has 0 aromatic carbocycles. The van der Waals surface area contributed by atoms with E-state index in [9.17, 15) is 4.79 Å². The van der Waals surface area contributed by atoms with E-state index in [1.165, 1.54) is 10.4 Å². The molecule has 9 heteroatoms. The van der Waals surface area contributed by atoms with Crippen LogP contribution in [0.3, 0.4) is 0 Å². The number of amides is 1. The Morgan fingerprint density at radius 2 is 2.27 bits per heavy atom. The van der Waals surface area contributed by atoms with Crippen LogP contribution in [0.15, 0.2) is 10.6 Å². The van der Waals surface area contributed by atoms with Gasteiger partial charge in [0.2, 0.25) is 0 Å². The highest BCUT2D eigenvalue weighted by molar-refractivity contribution is 7.14. The number of thiophene rings is 1. The summed E-state index contributed by atoms with van der Waals surface area (Å²) in [5, 5.41) is 19.0. The minimum atomic E-state index is -0.278. The maximum Gasteiger partial charge on any atom is 0.261 e. The first-order valence-electron chi connectivity index (χ1n) is 8.88. The van der Waals surface area contributed by atoms with Gasteiger partial charge in [-0.25, -0.2) is 0 Å². The summed E-state index contributed by atoms with van der Waals surface area (Å²) in [6.07, 6.45) is 3.22. The number of ether oxygens (including phenoxy) is 1. The van der Waals surface area contributed by atoms with Crippen LogP contribution in [-0.2, 0) is 29.8 Å². The fourth-order valence-corrected chi connectivity index (χ4v) is 4.89. The number of nitrogens with one attached hydrogen (secondary N) is 2. The van der Waals surface area contributed by atoms with Crippen molar-refractivity contribution >= 4 is 17.2 Å². The standard InChI is InChI=1S/C17H22N4O4S/c22-10-14-20-13(21-25-14)1-5-19-16(23)12-9-11-2-8-24-17(15(11)26-12)3-6-18-7-4-17/h9,18,22H,1-8,10H2,(H,19,23). The van der Waals surface area contributed by atoms with E-state index in [1.54, 1.807) is 11.3 Å². The summed E-state index contributed by atoms with van der Waals surface area (Å²) in [6, 6.07) is 2.01. The number of piperidine rings is 1. The predicted molar refractivity (Wildman–Crippen MR) is 94.0 cm³/mol. The molecule has 1 fully saturated rings. The number of carbonyl (C=O) groups is 1. The highest BCUT2D eigenvalue weighted by Gasteiger charge is 2.41. The van der Waals surface area contributed by atoms with Crippen molar-refractivity contribution in [2.75, 3.05) is 26.2 Å². The number of hydrogen-bond acceptors (Lipinski definition) is 8. The average Bonchev–Trinajstić information content (AvgIpc) is 3.30. The molecular formula is C17H22N4O4S. The molecule has 0 aliphatic carbocycles. The van der Waals surface area contributed by atoms with Crippen molar-refractivity contribution in [2.24, 2.45) is 0 Å². The fourth-order valence-electron chi connectivity index (χ4n) is 3.57. The zero-order chi connectivity index (χ0) is 18.0. The molecule has 0 saturated carbocycles. The van der Waals surface area contributed by atoms with Crippen LogP contribution in [-0.4, -0.2) is 47.4 Å². The molecule has 2 aromatic heterocycles. The molecule has 4 heterocycles. The first-order chi connectivity index (χ1) is 12.7. The van der Waals surface area contributed by atoms with Crippen molar-refractivity contribution in [2.45, 2.75) is 37.9 Å². The Labute approximate surface area is 154 Å². The van der Waals surface area contributed by atoms with Crippen LogP contribution in [0.1, 0.15) is 44.7 Å². The third kappa shape index (κ3) is 3.39. The van der Waals surface area contributed by atoms with Crippen molar-refractivity contribution < 1.29 is 19.2 Å². The molecular weight excluding hydrogens is 356 g/mol. The summed E-state index contributed by atoms with van der Waals surface area (Å²) in [5.74, 6) is 0.575. The van der Waals surface area contributed by atoms with E-state index < -0.39 is 0 Å². The van der Waals surface area contributed by atoms with Gasteiger partial charge in [-0.15, -0.1) is 11.3 Å². The van der Waals surface area contributed by atoms with E-state index in [0.717, 1.165) is 43.8 Å². The summed E-state index contributed by atoms with van der Waals surface area (Å²) in [4.78, 5) is 18.5. The number of aliphatic hydroxyl groups is 1. The number of rotatable bonds is 5. The third-order valence-electron chi connectivity index (χ3n) is 4.89. The van der Waals surface area contributed by atoms with Crippen molar-refractivity contribution in [1.29, 1.82) is 0 Å². The predicted octanol–water partition coefficient (Wildman–Crippen LogP) is 0.747. The van der Waals surface area contributed by atoms with Gasteiger partial charge in [0.1, 0.15) is 12.2 Å². The summed E-state index contributed by atoms with van der Waals surface area (Å²) in [6.45, 7) is 2.74. The first-order valence-corrected chi connectivity index (χ1v) is 9.70. The molecule has 4 rings (SSSR count). The Morgan fingerprint density at radius 3 is 3.04 bits per heavy atom. The Bertz CT molecular complexity index is 782. The highest BCUT2D eigenvalue weighted by Crippen LogP contribution is 2.44. The molecule has 2 aromatic rings. The molecule has 26 heavy (non-hydrogen) atoms. The molecule has 2 aliphatic heterocycles. The second kappa shape index (κ2) is 7.43. The van der Waals surface area contributed by atoms with Gasteiger partial charge >= 0.3 is 0 Å². The average molecular weight is 378 g/mol. The van der Waals surface area contributed by atoms with Gasteiger partial charge in [0.05, 0.1) is 11.5 Å². The zero-order valence-electron chi connectivity index (χ0n) is 14.4. The minimum Gasteiger partial charge on any atom is -0.387 e. The smallest absolute Gasteiger partial charge is 0.261 e. The molecule has 140 valence electrons. The van der Waals surface area contributed by atoms with E-state index in [0.29, 0.717) is 18.8 Å². The van der Waals surface area contributed by atoms with Crippen LogP contribution in [0, 0.1) is 0 Å². The molecule has 0 atom stereocenters. The first kappa shape index (κ1) is 17.6. The van der Waals surface area contributed by atoms with Crippen molar-refractivity contribution in [1.82, 2.24) is 20.8 Å². The summed E-state index contributed by atoms with van der Waals surface area (Å²) < 4.78 is 11.0. The quantitative estimate of drug-likeness (QED) is 0.704. The Balaban J connectivity index is 1.41. The van der Waals surface area contributed by atoms with Crippen LogP contribution in [0.25, 0.3) is 0 Å². The maximum absolute atomic E-state index is 12.5. The lowest BCUT2D eigenvalue weighted by atomic mass is 9.86. The zero-order valence-corrected chi connectivity index (χ0v) is 15.2. The molecule has 1 saturated heterocycles. The fraction of sp³-hybridized carbons (Fsp3) is 0.588. The summed E-state index contributed by atoms with van der Waals surface area (Å²) in [5.41, 5.74) is 1.03. The van der Waals surface area contributed by atoms with Crippen LogP contribution in [0.2, 0.25) is 0 Å². The van der Waals surface area contributed by atoms with E-state index in [1.807, 2.05) is 6.07 Å². The number of fused-ring (bicyclic) bond motifs is 2. The summed E-state index contributed by atoms with van der Waals surface area (Å²) >= 11 is 1.56. The SMILES string of the molecule is O=C(NCCc1noc(CO)n1)c1cc2c(s1)C1(CCNCC1)OCC2. The number of aliphatic hydroxyl groups excluding tert-OH is 1. The number of carbonyl (C=O) groups excluding carboxylic acids is 1. The topological polar surface area (TPSA) is 110 Å². The van der Waals surface area contributed by atoms with Gasteiger partial charge in [-0.05, 0) is 44.0 Å².